The second-order valence-corrected chi connectivity index (χ2v) is 11.1. The van der Waals surface area contributed by atoms with Crippen molar-refractivity contribution < 1.29 is 0 Å². The largest absolute Gasteiger partial charge is 0.370 e. The number of anilines is 1. The summed E-state index contributed by atoms with van der Waals surface area (Å²) in [7, 11) is 0. The summed E-state index contributed by atoms with van der Waals surface area (Å²) in [4.78, 5) is 20.3. The summed E-state index contributed by atoms with van der Waals surface area (Å²) in [6.07, 6.45) is 9.96. The zero-order valence-corrected chi connectivity index (χ0v) is 21.3. The predicted molar refractivity (Wildman–Crippen MR) is 142 cm³/mol. The van der Waals surface area contributed by atoms with Gasteiger partial charge < -0.3 is 10.2 Å². The van der Waals surface area contributed by atoms with Gasteiger partial charge in [0.1, 0.15) is 5.82 Å². The van der Waals surface area contributed by atoms with E-state index in [1.54, 1.807) is 0 Å². The van der Waals surface area contributed by atoms with Crippen LogP contribution in [0.3, 0.4) is 0 Å². The van der Waals surface area contributed by atoms with Gasteiger partial charge in [0.05, 0.1) is 16.6 Å². The summed E-state index contributed by atoms with van der Waals surface area (Å²) in [6.45, 7) is 4.27. The first-order chi connectivity index (χ1) is 16.7. The van der Waals surface area contributed by atoms with E-state index in [1.807, 2.05) is 12.1 Å². The van der Waals surface area contributed by atoms with E-state index in [4.69, 9.17) is 4.98 Å². The molecule has 1 atom stereocenters. The van der Waals surface area contributed by atoms with E-state index in [-0.39, 0.29) is 11.5 Å². The van der Waals surface area contributed by atoms with Gasteiger partial charge in [-0.2, -0.15) is 4.98 Å². The third-order valence-electron chi connectivity index (χ3n) is 8.13. The number of aromatic nitrogens is 2. The Bertz CT molecular complexity index is 1260. The third-order valence-corrected chi connectivity index (χ3v) is 8.79. The lowest BCUT2D eigenvalue weighted by Crippen LogP contribution is -2.29. The molecule has 0 amide bonds. The average Bonchev–Trinajstić information content (AvgIpc) is 3.22. The number of hydrogen-bond acceptors (Lipinski definition) is 4. The van der Waals surface area contributed by atoms with Gasteiger partial charge >= 0.3 is 0 Å². The molecule has 6 rings (SSSR count). The minimum absolute atomic E-state index is 0.114. The quantitative estimate of drug-likeness (QED) is 0.489. The maximum Gasteiger partial charge on any atom is 0.281 e. The summed E-state index contributed by atoms with van der Waals surface area (Å²) in [5.74, 6) is 2.07. The molecule has 3 heterocycles. The molecule has 1 saturated carbocycles. The highest BCUT2D eigenvalue weighted by molar-refractivity contribution is 9.10. The fourth-order valence-corrected chi connectivity index (χ4v) is 6.87. The Labute approximate surface area is 209 Å². The Morgan fingerprint density at radius 3 is 2.79 bits per heavy atom. The fraction of sp³-hybridized carbons (Fsp3) is 0.500. The number of hydrogen-bond donors (Lipinski definition) is 1. The number of halogens is 1. The number of nitrogens with zero attached hydrogens (tertiary/aromatic N) is 3. The van der Waals surface area contributed by atoms with Crippen LogP contribution in [0, 0.1) is 5.92 Å². The molecule has 0 radical (unpaired) electrons. The molecule has 2 aromatic carbocycles. The van der Waals surface area contributed by atoms with Gasteiger partial charge in [0.25, 0.3) is 5.56 Å². The Kier molecular flexibility index (Phi) is 6.20. The standard InChI is InChI=1S/C28H33BrN4O/c29-23-7-3-8-25-26(23)28(34)31-27-20(10-9-19-5-1-2-6-19)17-21-18-22(11-12-24(21)33(25)27)32-15-4-13-30-14-16-32/h3,7-8,11-12,18-20,30H,1-2,4-6,9-10,13-17H2. The monoisotopic (exact) mass is 520 g/mol. The second-order valence-electron chi connectivity index (χ2n) is 10.3. The van der Waals surface area contributed by atoms with E-state index in [0.29, 0.717) is 5.39 Å². The van der Waals surface area contributed by atoms with Gasteiger partial charge in [-0.25, -0.2) is 0 Å². The van der Waals surface area contributed by atoms with Crippen molar-refractivity contribution in [1.82, 2.24) is 14.9 Å². The van der Waals surface area contributed by atoms with Crippen molar-refractivity contribution in [1.29, 1.82) is 0 Å². The highest BCUT2D eigenvalue weighted by atomic mass is 79.9. The van der Waals surface area contributed by atoms with Gasteiger partial charge in [-0.05, 0) is 90.0 Å². The van der Waals surface area contributed by atoms with E-state index >= 15 is 0 Å². The SMILES string of the molecule is O=c1nc2n(c3cccc(Br)c13)-c1ccc(N3CCCNCC3)cc1CC2CCC1CCCC1. The number of nitrogens with one attached hydrogen (secondary N) is 1. The van der Waals surface area contributed by atoms with Gasteiger partial charge in [0.15, 0.2) is 0 Å². The highest BCUT2D eigenvalue weighted by Crippen LogP contribution is 2.40. The molecule has 2 fully saturated rings. The summed E-state index contributed by atoms with van der Waals surface area (Å²) in [5, 5.41) is 4.19. The Balaban J connectivity index is 1.46. The van der Waals surface area contributed by atoms with Crippen molar-refractivity contribution in [2.24, 2.45) is 5.92 Å². The number of fused-ring (bicyclic) bond motifs is 5. The first-order valence-corrected chi connectivity index (χ1v) is 13.8. The van der Waals surface area contributed by atoms with Crippen LogP contribution in [-0.2, 0) is 6.42 Å². The van der Waals surface area contributed by atoms with Crippen molar-refractivity contribution in [2.45, 2.75) is 57.3 Å². The van der Waals surface area contributed by atoms with Crippen LogP contribution >= 0.6 is 15.9 Å². The Morgan fingerprint density at radius 1 is 1.03 bits per heavy atom. The van der Waals surface area contributed by atoms with Crippen LogP contribution in [0.15, 0.2) is 45.7 Å². The van der Waals surface area contributed by atoms with E-state index in [2.05, 4.69) is 55.0 Å². The van der Waals surface area contributed by atoms with Crippen LogP contribution in [0.5, 0.6) is 0 Å². The molecule has 1 aliphatic carbocycles. The zero-order valence-electron chi connectivity index (χ0n) is 19.7. The van der Waals surface area contributed by atoms with Gasteiger partial charge in [-0.3, -0.25) is 9.36 Å². The number of benzene rings is 2. The zero-order chi connectivity index (χ0) is 23.1. The topological polar surface area (TPSA) is 50.2 Å². The molecule has 178 valence electrons. The van der Waals surface area contributed by atoms with Gasteiger partial charge in [-0.15, -0.1) is 0 Å². The third kappa shape index (κ3) is 4.09. The fourth-order valence-electron chi connectivity index (χ4n) is 6.35. The van der Waals surface area contributed by atoms with E-state index in [9.17, 15) is 4.79 Å². The molecule has 3 aliphatic rings. The first-order valence-electron chi connectivity index (χ1n) is 13.0. The molecule has 5 nitrogen and oxygen atoms in total. The molecular weight excluding hydrogens is 488 g/mol. The normalized spacial score (nSPS) is 20.9. The molecule has 34 heavy (non-hydrogen) atoms. The maximum absolute atomic E-state index is 13.1. The first kappa shape index (κ1) is 22.3. The van der Waals surface area contributed by atoms with Crippen molar-refractivity contribution in [3.8, 4) is 5.69 Å². The van der Waals surface area contributed by atoms with Crippen LogP contribution < -0.4 is 15.8 Å². The van der Waals surface area contributed by atoms with Gasteiger partial charge in [-0.1, -0.05) is 31.7 Å². The van der Waals surface area contributed by atoms with Crippen LogP contribution in [-0.4, -0.2) is 35.7 Å². The van der Waals surface area contributed by atoms with E-state index in [1.165, 1.54) is 55.5 Å². The van der Waals surface area contributed by atoms with Gasteiger partial charge in [0, 0.05) is 35.7 Å². The van der Waals surface area contributed by atoms with E-state index < -0.39 is 0 Å². The summed E-state index contributed by atoms with van der Waals surface area (Å²) < 4.78 is 3.11. The molecule has 6 heteroatoms. The van der Waals surface area contributed by atoms with E-state index in [0.717, 1.165) is 60.8 Å². The molecule has 3 aromatic rings. The minimum Gasteiger partial charge on any atom is -0.370 e. The summed E-state index contributed by atoms with van der Waals surface area (Å²) >= 11 is 3.61. The lowest BCUT2D eigenvalue weighted by molar-refractivity contribution is 0.432. The maximum atomic E-state index is 13.1. The lowest BCUT2D eigenvalue weighted by Gasteiger charge is -2.32. The summed E-state index contributed by atoms with van der Waals surface area (Å²) in [5.41, 5.74) is 4.73. The van der Waals surface area contributed by atoms with Crippen molar-refractivity contribution >= 4 is 32.5 Å². The minimum atomic E-state index is -0.114. The Hall–Kier alpha value is -2.18. The van der Waals surface area contributed by atoms with Crippen molar-refractivity contribution in [3.63, 3.8) is 0 Å². The molecule has 0 bridgehead atoms. The van der Waals surface area contributed by atoms with Gasteiger partial charge in [0.2, 0.25) is 0 Å². The van der Waals surface area contributed by atoms with Crippen LogP contribution in [0.1, 0.15) is 62.3 Å². The molecule has 1 unspecified atom stereocenters. The molecule has 1 saturated heterocycles. The molecule has 2 aliphatic heterocycles. The van der Waals surface area contributed by atoms with Crippen molar-refractivity contribution in [3.05, 3.63) is 62.6 Å². The molecule has 1 N–H and O–H groups in total. The number of rotatable bonds is 4. The Morgan fingerprint density at radius 2 is 1.91 bits per heavy atom. The van der Waals surface area contributed by atoms with Crippen LogP contribution in [0.25, 0.3) is 16.6 Å². The molecular formula is C28H33BrN4O. The predicted octanol–water partition coefficient (Wildman–Crippen LogP) is 5.56. The van der Waals surface area contributed by atoms with Crippen LogP contribution in [0.4, 0.5) is 5.69 Å². The molecule has 1 aromatic heterocycles. The smallest absolute Gasteiger partial charge is 0.281 e. The lowest BCUT2D eigenvalue weighted by atomic mass is 9.86. The average molecular weight is 522 g/mol. The van der Waals surface area contributed by atoms with Crippen molar-refractivity contribution in [2.75, 3.05) is 31.1 Å². The highest BCUT2D eigenvalue weighted by Gasteiger charge is 2.30. The second kappa shape index (κ2) is 9.46. The summed E-state index contributed by atoms with van der Waals surface area (Å²) in [6, 6.07) is 13.0. The van der Waals surface area contributed by atoms with Crippen LogP contribution in [0.2, 0.25) is 0 Å². The molecule has 0 spiro atoms.